The number of carbonyl (C=O) groups excluding carboxylic acids is 1. The van der Waals surface area contributed by atoms with Crippen molar-refractivity contribution in [3.8, 4) is 0 Å². The first-order chi connectivity index (χ1) is 10.1. The number of carbonyl (C=O) groups is 1. The molecule has 1 N–H and O–H groups in total. The fourth-order valence-corrected chi connectivity index (χ4v) is 2.53. The summed E-state index contributed by atoms with van der Waals surface area (Å²) < 4.78 is 4.81. The fraction of sp³-hybridized carbons (Fsp3) is 0.333. The summed E-state index contributed by atoms with van der Waals surface area (Å²) in [5.74, 6) is 0.584. The summed E-state index contributed by atoms with van der Waals surface area (Å²) in [5, 5.41) is 12.7. The number of aliphatic hydroxyl groups excluding tert-OH is 1. The normalized spacial score (nSPS) is 12.1. The highest BCUT2D eigenvalue weighted by molar-refractivity contribution is 7.99. The Hall–Kier alpha value is -1.79. The van der Waals surface area contributed by atoms with Crippen LogP contribution >= 0.6 is 11.8 Å². The summed E-state index contributed by atoms with van der Waals surface area (Å²) in [4.78, 5) is 15.1. The first-order valence-corrected chi connectivity index (χ1v) is 7.63. The minimum Gasteiger partial charge on any atom is -0.396 e. The van der Waals surface area contributed by atoms with Crippen molar-refractivity contribution in [3.63, 3.8) is 0 Å². The molecule has 0 saturated carbocycles. The lowest BCUT2D eigenvalue weighted by Crippen LogP contribution is -2.29. The van der Waals surface area contributed by atoms with Crippen molar-refractivity contribution in [2.75, 3.05) is 19.4 Å². The molecule has 0 spiro atoms. The number of amides is 1. The van der Waals surface area contributed by atoms with Gasteiger partial charge in [-0.3, -0.25) is 4.79 Å². The Bertz CT molecular complexity index is 569. The van der Waals surface area contributed by atoms with Crippen molar-refractivity contribution in [1.82, 2.24) is 10.1 Å². The van der Waals surface area contributed by atoms with Gasteiger partial charge in [-0.05, 0) is 31.2 Å². The van der Waals surface area contributed by atoms with E-state index in [4.69, 9.17) is 9.63 Å². The van der Waals surface area contributed by atoms with Crippen LogP contribution < -0.4 is 0 Å². The molecule has 0 fully saturated rings. The second-order valence-electron chi connectivity index (χ2n) is 4.61. The lowest BCUT2D eigenvalue weighted by molar-refractivity contribution is 0.0737. The third kappa shape index (κ3) is 3.86. The second-order valence-corrected chi connectivity index (χ2v) is 5.78. The summed E-state index contributed by atoms with van der Waals surface area (Å²) in [7, 11) is 1.75. The van der Waals surface area contributed by atoms with Crippen LogP contribution in [0.25, 0.3) is 0 Å². The molecule has 112 valence electrons. The zero-order valence-electron chi connectivity index (χ0n) is 12.0. The maximum Gasteiger partial charge on any atom is 0.254 e. The van der Waals surface area contributed by atoms with Gasteiger partial charge in [0.2, 0.25) is 0 Å². The number of thioether (sulfide) groups is 1. The summed E-state index contributed by atoms with van der Waals surface area (Å²) in [6.07, 6.45) is 1.50. The molecule has 6 heteroatoms. The van der Waals surface area contributed by atoms with E-state index >= 15 is 0 Å². The molecule has 1 aromatic heterocycles. The Kier molecular flexibility index (Phi) is 5.41. The van der Waals surface area contributed by atoms with Crippen LogP contribution in [0.3, 0.4) is 0 Å². The van der Waals surface area contributed by atoms with Crippen LogP contribution in [0.2, 0.25) is 0 Å². The van der Waals surface area contributed by atoms with Crippen LogP contribution in [0.1, 0.15) is 29.0 Å². The van der Waals surface area contributed by atoms with Gasteiger partial charge in [-0.1, -0.05) is 5.16 Å². The maximum atomic E-state index is 12.4. The number of rotatable bonds is 6. The van der Waals surface area contributed by atoms with Crippen LogP contribution in [0, 0.1) is 0 Å². The number of nitrogens with zero attached hydrogens (tertiary/aromatic N) is 2. The second kappa shape index (κ2) is 7.28. The van der Waals surface area contributed by atoms with Crippen molar-refractivity contribution < 1.29 is 14.4 Å². The van der Waals surface area contributed by atoms with E-state index < -0.39 is 0 Å². The Balaban J connectivity index is 2.05. The molecule has 0 radical (unpaired) electrons. The Morgan fingerprint density at radius 2 is 2.10 bits per heavy atom. The average Bonchev–Trinajstić information content (AvgIpc) is 3.05. The van der Waals surface area contributed by atoms with E-state index in [2.05, 4.69) is 5.16 Å². The number of benzene rings is 1. The molecule has 0 unspecified atom stereocenters. The molecule has 0 aliphatic rings. The van der Waals surface area contributed by atoms with Gasteiger partial charge in [-0.25, -0.2) is 0 Å². The van der Waals surface area contributed by atoms with Crippen molar-refractivity contribution >= 4 is 17.7 Å². The molecule has 21 heavy (non-hydrogen) atoms. The smallest absolute Gasteiger partial charge is 0.254 e. The van der Waals surface area contributed by atoms with Gasteiger partial charge in [0.15, 0.2) is 0 Å². The van der Waals surface area contributed by atoms with E-state index in [1.807, 2.05) is 19.1 Å². The molecule has 0 bridgehead atoms. The van der Waals surface area contributed by atoms with E-state index in [-0.39, 0.29) is 18.6 Å². The number of aliphatic hydroxyl groups is 1. The predicted octanol–water partition coefficient (Wildman–Crippen LogP) is 2.59. The van der Waals surface area contributed by atoms with E-state index in [0.29, 0.717) is 11.3 Å². The molecule has 1 heterocycles. The minimum atomic E-state index is -0.153. The van der Waals surface area contributed by atoms with Crippen LogP contribution in [-0.2, 0) is 0 Å². The molecule has 0 aliphatic carbocycles. The molecule has 2 rings (SSSR count). The van der Waals surface area contributed by atoms with Crippen LogP contribution in [0.15, 0.2) is 46.0 Å². The highest BCUT2D eigenvalue weighted by Crippen LogP contribution is 2.21. The van der Waals surface area contributed by atoms with Crippen molar-refractivity contribution in [1.29, 1.82) is 0 Å². The van der Waals surface area contributed by atoms with Crippen molar-refractivity contribution in [2.24, 2.45) is 0 Å². The van der Waals surface area contributed by atoms with E-state index in [0.717, 1.165) is 10.6 Å². The topological polar surface area (TPSA) is 66.6 Å². The first kappa shape index (κ1) is 15.6. The van der Waals surface area contributed by atoms with Crippen molar-refractivity contribution in [3.05, 3.63) is 47.9 Å². The summed E-state index contributed by atoms with van der Waals surface area (Å²) in [5.41, 5.74) is 1.35. The van der Waals surface area contributed by atoms with Crippen LogP contribution in [0.5, 0.6) is 0 Å². The van der Waals surface area contributed by atoms with E-state index in [1.165, 1.54) is 6.26 Å². The number of aromatic nitrogens is 1. The third-order valence-electron chi connectivity index (χ3n) is 3.25. The summed E-state index contributed by atoms with van der Waals surface area (Å²) >= 11 is 1.56. The van der Waals surface area contributed by atoms with Gasteiger partial charge in [0.25, 0.3) is 5.91 Å². The predicted molar refractivity (Wildman–Crippen MR) is 81.3 cm³/mol. The summed E-state index contributed by atoms with van der Waals surface area (Å²) in [6, 6.07) is 8.98. The maximum absolute atomic E-state index is 12.4. The highest BCUT2D eigenvalue weighted by Gasteiger charge is 2.20. The highest BCUT2D eigenvalue weighted by atomic mass is 32.2. The zero-order valence-corrected chi connectivity index (χ0v) is 12.8. The van der Waals surface area contributed by atoms with E-state index in [9.17, 15) is 4.79 Å². The van der Waals surface area contributed by atoms with Gasteiger partial charge in [-0.15, -0.1) is 11.8 Å². The van der Waals surface area contributed by atoms with Crippen LogP contribution in [0.4, 0.5) is 0 Å². The lowest BCUT2D eigenvalue weighted by atomic mass is 10.1. The van der Waals surface area contributed by atoms with Gasteiger partial charge >= 0.3 is 0 Å². The Labute approximate surface area is 127 Å². The molecule has 0 aliphatic heterocycles. The van der Waals surface area contributed by atoms with Gasteiger partial charge in [0.05, 0.1) is 12.6 Å². The summed E-state index contributed by atoms with van der Waals surface area (Å²) in [6.45, 7) is 2.05. The Morgan fingerprint density at radius 1 is 1.38 bits per heavy atom. The molecule has 0 saturated heterocycles. The molecule has 1 amide bonds. The van der Waals surface area contributed by atoms with Gasteiger partial charge in [0.1, 0.15) is 12.0 Å². The molecular weight excluding hydrogens is 288 g/mol. The van der Waals surface area contributed by atoms with E-state index in [1.54, 1.807) is 41.9 Å². The van der Waals surface area contributed by atoms with Crippen LogP contribution in [-0.4, -0.2) is 40.5 Å². The molecule has 5 nitrogen and oxygen atoms in total. The molecule has 1 aromatic carbocycles. The number of hydrogen-bond acceptors (Lipinski definition) is 5. The Morgan fingerprint density at radius 3 is 2.67 bits per heavy atom. The largest absolute Gasteiger partial charge is 0.396 e. The van der Waals surface area contributed by atoms with Gasteiger partial charge < -0.3 is 14.5 Å². The standard InChI is InChI=1S/C15H18N2O3S/c1-11(14-7-9-20-16-14)17(2)15(19)12-3-5-13(6-4-12)21-10-8-18/h3-7,9,11,18H,8,10H2,1-2H3/t11-/m1/s1. The molecule has 1 atom stereocenters. The number of hydrogen-bond donors (Lipinski definition) is 1. The van der Waals surface area contributed by atoms with Crippen molar-refractivity contribution in [2.45, 2.75) is 17.9 Å². The first-order valence-electron chi connectivity index (χ1n) is 6.64. The minimum absolute atomic E-state index is 0.0655. The lowest BCUT2D eigenvalue weighted by Gasteiger charge is -2.23. The molecule has 2 aromatic rings. The third-order valence-corrected chi connectivity index (χ3v) is 4.24. The van der Waals surface area contributed by atoms with Gasteiger partial charge in [0, 0.05) is 29.3 Å². The fourth-order valence-electron chi connectivity index (χ4n) is 1.87. The quantitative estimate of drug-likeness (QED) is 0.831. The SMILES string of the molecule is C[C@H](c1ccon1)N(C)C(=O)c1ccc(SCCO)cc1. The molecular formula is C15H18N2O3S. The van der Waals surface area contributed by atoms with Gasteiger partial charge in [-0.2, -0.15) is 0 Å². The zero-order chi connectivity index (χ0) is 15.2. The monoisotopic (exact) mass is 306 g/mol. The average molecular weight is 306 g/mol.